The number of nitro groups is 1. The van der Waals surface area contributed by atoms with Gasteiger partial charge in [-0.15, -0.1) is 0 Å². The van der Waals surface area contributed by atoms with Crippen LogP contribution in [0.1, 0.15) is 25.3 Å². The zero-order chi connectivity index (χ0) is 20.3. The molecule has 2 amide bonds. The monoisotopic (exact) mass is 382 g/mol. The summed E-state index contributed by atoms with van der Waals surface area (Å²) in [6, 6.07) is 11.4. The fourth-order valence-electron chi connectivity index (χ4n) is 3.17. The fraction of sp³-hybridized carbons (Fsp3) is 0.300. The largest absolute Gasteiger partial charge is 0.374 e. The summed E-state index contributed by atoms with van der Waals surface area (Å²) in [5.74, 6) is -0.178. The van der Waals surface area contributed by atoms with Crippen molar-refractivity contribution in [2.75, 3.05) is 22.1 Å². The Bertz CT molecular complexity index is 911. The molecule has 0 aliphatic carbocycles. The van der Waals surface area contributed by atoms with Gasteiger partial charge in [0.15, 0.2) is 0 Å². The van der Waals surface area contributed by atoms with Gasteiger partial charge >= 0.3 is 0 Å². The summed E-state index contributed by atoms with van der Waals surface area (Å²) in [5.41, 5.74) is 2.38. The second-order valence-corrected chi connectivity index (χ2v) is 6.76. The smallest absolute Gasteiger partial charge is 0.274 e. The number of amides is 2. The van der Waals surface area contributed by atoms with E-state index in [1.165, 1.54) is 12.1 Å². The van der Waals surface area contributed by atoms with E-state index < -0.39 is 11.0 Å². The standard InChI is InChI=1S/C20H22N4O4/c1-13-17(5-3-6-18(13)24(27)28)22-20(26)14(2)21-15-8-10-16(11-9-15)23-12-4-7-19(23)25/h3,5-6,8-11,14,21H,4,7,12H2,1-2H3,(H,22,26). The van der Waals surface area contributed by atoms with Crippen molar-refractivity contribution < 1.29 is 14.5 Å². The molecule has 146 valence electrons. The van der Waals surface area contributed by atoms with Gasteiger partial charge < -0.3 is 15.5 Å². The normalized spacial score (nSPS) is 14.6. The first-order valence-corrected chi connectivity index (χ1v) is 9.08. The van der Waals surface area contributed by atoms with Gasteiger partial charge in [-0.1, -0.05) is 6.07 Å². The first-order chi connectivity index (χ1) is 13.4. The Morgan fingerprint density at radius 2 is 1.93 bits per heavy atom. The molecule has 1 fully saturated rings. The second kappa shape index (κ2) is 8.08. The first-order valence-electron chi connectivity index (χ1n) is 9.08. The lowest BCUT2D eigenvalue weighted by atomic mass is 10.1. The maximum atomic E-state index is 12.5. The number of rotatable bonds is 6. The van der Waals surface area contributed by atoms with Crippen molar-refractivity contribution in [1.29, 1.82) is 0 Å². The van der Waals surface area contributed by atoms with E-state index in [1.807, 2.05) is 24.3 Å². The molecule has 1 atom stereocenters. The van der Waals surface area contributed by atoms with Crippen LogP contribution in [0, 0.1) is 17.0 Å². The van der Waals surface area contributed by atoms with Gasteiger partial charge in [0.25, 0.3) is 5.69 Å². The van der Waals surface area contributed by atoms with Crippen LogP contribution in [0.2, 0.25) is 0 Å². The van der Waals surface area contributed by atoms with E-state index >= 15 is 0 Å². The van der Waals surface area contributed by atoms with Gasteiger partial charge in [-0.25, -0.2) is 0 Å². The Hall–Kier alpha value is -3.42. The van der Waals surface area contributed by atoms with Crippen LogP contribution in [0.5, 0.6) is 0 Å². The zero-order valence-electron chi connectivity index (χ0n) is 15.8. The summed E-state index contributed by atoms with van der Waals surface area (Å²) in [7, 11) is 0. The SMILES string of the molecule is Cc1c(NC(=O)C(C)Nc2ccc(N3CCCC3=O)cc2)cccc1[N+](=O)[O-]. The van der Waals surface area contributed by atoms with Crippen LogP contribution in [0.25, 0.3) is 0 Å². The molecule has 1 saturated heterocycles. The van der Waals surface area contributed by atoms with Crippen LogP contribution in [-0.4, -0.2) is 29.3 Å². The molecule has 28 heavy (non-hydrogen) atoms. The van der Waals surface area contributed by atoms with Crippen molar-refractivity contribution in [3.05, 3.63) is 58.1 Å². The summed E-state index contributed by atoms with van der Waals surface area (Å²) in [6.45, 7) is 4.04. The van der Waals surface area contributed by atoms with Gasteiger partial charge in [-0.05, 0) is 50.6 Å². The van der Waals surface area contributed by atoms with Gasteiger partial charge in [0, 0.05) is 30.4 Å². The number of carbonyl (C=O) groups excluding carboxylic acids is 2. The second-order valence-electron chi connectivity index (χ2n) is 6.76. The van der Waals surface area contributed by atoms with E-state index in [2.05, 4.69) is 10.6 Å². The van der Waals surface area contributed by atoms with Crippen LogP contribution in [0.4, 0.5) is 22.7 Å². The Labute approximate surface area is 162 Å². The number of benzene rings is 2. The van der Waals surface area contributed by atoms with Gasteiger partial charge in [-0.2, -0.15) is 0 Å². The first kappa shape index (κ1) is 19.3. The number of hydrogen-bond acceptors (Lipinski definition) is 5. The topological polar surface area (TPSA) is 105 Å². The number of nitro benzene ring substituents is 1. The van der Waals surface area contributed by atoms with Crippen molar-refractivity contribution in [1.82, 2.24) is 0 Å². The molecule has 1 aliphatic heterocycles. The van der Waals surface area contributed by atoms with E-state index in [1.54, 1.807) is 24.8 Å². The van der Waals surface area contributed by atoms with Crippen molar-refractivity contribution in [2.24, 2.45) is 0 Å². The van der Waals surface area contributed by atoms with Gasteiger partial charge in [0.05, 0.1) is 16.2 Å². The minimum atomic E-state index is -0.557. The molecule has 1 unspecified atom stereocenters. The highest BCUT2D eigenvalue weighted by Crippen LogP contribution is 2.26. The molecule has 8 heteroatoms. The molecule has 0 aromatic heterocycles. The summed E-state index contributed by atoms with van der Waals surface area (Å²) in [6.07, 6.45) is 1.45. The maximum Gasteiger partial charge on any atom is 0.274 e. The fourth-order valence-corrected chi connectivity index (χ4v) is 3.17. The van der Waals surface area contributed by atoms with Crippen LogP contribution < -0.4 is 15.5 Å². The Morgan fingerprint density at radius 3 is 2.54 bits per heavy atom. The minimum Gasteiger partial charge on any atom is -0.374 e. The zero-order valence-corrected chi connectivity index (χ0v) is 15.8. The predicted molar refractivity (Wildman–Crippen MR) is 108 cm³/mol. The molecular formula is C20H22N4O4. The lowest BCUT2D eigenvalue weighted by Crippen LogP contribution is -2.32. The van der Waals surface area contributed by atoms with E-state index in [0.29, 0.717) is 17.7 Å². The Balaban J connectivity index is 1.64. The number of nitrogens with one attached hydrogen (secondary N) is 2. The van der Waals surface area contributed by atoms with Crippen molar-refractivity contribution in [3.8, 4) is 0 Å². The van der Waals surface area contributed by atoms with Gasteiger partial charge in [0.2, 0.25) is 11.8 Å². The highest BCUT2D eigenvalue weighted by atomic mass is 16.6. The average molecular weight is 382 g/mol. The minimum absolute atomic E-state index is 0.0366. The van der Waals surface area contributed by atoms with Gasteiger partial charge in [0.1, 0.15) is 6.04 Å². The molecule has 1 aliphatic rings. The molecule has 3 rings (SSSR count). The van der Waals surface area contributed by atoms with Crippen molar-refractivity contribution in [3.63, 3.8) is 0 Å². The van der Waals surface area contributed by atoms with E-state index in [-0.39, 0.29) is 17.5 Å². The average Bonchev–Trinajstić information content (AvgIpc) is 3.09. The molecule has 0 spiro atoms. The molecule has 1 heterocycles. The highest BCUT2D eigenvalue weighted by Gasteiger charge is 2.22. The molecule has 0 bridgehead atoms. The lowest BCUT2D eigenvalue weighted by molar-refractivity contribution is -0.385. The number of anilines is 3. The summed E-state index contributed by atoms with van der Waals surface area (Å²) in [4.78, 5) is 36.6. The van der Waals surface area contributed by atoms with Gasteiger partial charge in [-0.3, -0.25) is 19.7 Å². The maximum absolute atomic E-state index is 12.5. The Morgan fingerprint density at radius 1 is 1.21 bits per heavy atom. The Kier molecular flexibility index (Phi) is 5.58. The van der Waals surface area contributed by atoms with Crippen LogP contribution in [-0.2, 0) is 9.59 Å². The molecule has 2 N–H and O–H groups in total. The number of carbonyl (C=O) groups is 2. The third-order valence-electron chi connectivity index (χ3n) is 4.79. The third kappa shape index (κ3) is 4.11. The number of hydrogen-bond donors (Lipinski definition) is 2. The molecule has 2 aromatic carbocycles. The molecular weight excluding hydrogens is 360 g/mol. The predicted octanol–water partition coefficient (Wildman–Crippen LogP) is 3.47. The molecule has 0 saturated carbocycles. The van der Waals surface area contributed by atoms with Crippen molar-refractivity contribution in [2.45, 2.75) is 32.7 Å². The lowest BCUT2D eigenvalue weighted by Gasteiger charge is -2.18. The van der Waals surface area contributed by atoms with Crippen LogP contribution >= 0.6 is 0 Å². The van der Waals surface area contributed by atoms with E-state index in [4.69, 9.17) is 0 Å². The van der Waals surface area contributed by atoms with Crippen LogP contribution in [0.3, 0.4) is 0 Å². The van der Waals surface area contributed by atoms with E-state index in [9.17, 15) is 19.7 Å². The van der Waals surface area contributed by atoms with Crippen molar-refractivity contribution >= 4 is 34.6 Å². The van der Waals surface area contributed by atoms with Crippen LogP contribution in [0.15, 0.2) is 42.5 Å². The van der Waals surface area contributed by atoms with E-state index in [0.717, 1.165) is 24.3 Å². The quantitative estimate of drug-likeness (QED) is 0.588. The highest BCUT2D eigenvalue weighted by molar-refractivity contribution is 5.97. The molecule has 2 aromatic rings. The molecule has 8 nitrogen and oxygen atoms in total. The summed E-state index contributed by atoms with van der Waals surface area (Å²) >= 11 is 0. The summed E-state index contributed by atoms with van der Waals surface area (Å²) < 4.78 is 0. The number of nitrogens with zero attached hydrogens (tertiary/aromatic N) is 2. The molecule has 0 radical (unpaired) electrons. The summed E-state index contributed by atoms with van der Waals surface area (Å²) in [5, 5.41) is 16.9. The third-order valence-corrected chi connectivity index (χ3v) is 4.79.